The summed E-state index contributed by atoms with van der Waals surface area (Å²) >= 11 is 3.39. The molecule has 2 nitrogen and oxygen atoms in total. The molecule has 2 rings (SSSR count). The Kier molecular flexibility index (Phi) is 6.04. The van der Waals surface area contributed by atoms with Crippen LogP contribution in [0.25, 0.3) is 5.57 Å². The van der Waals surface area contributed by atoms with Crippen molar-refractivity contribution in [1.29, 1.82) is 0 Å². The molecule has 21 heavy (non-hydrogen) atoms. The minimum Gasteiger partial charge on any atom is -0.454 e. The minimum atomic E-state index is -0.227. The number of rotatable bonds is 7. The Labute approximate surface area is 135 Å². The average molecular weight is 351 g/mol. The van der Waals surface area contributed by atoms with Crippen LogP contribution < -0.4 is 0 Å². The van der Waals surface area contributed by atoms with E-state index >= 15 is 0 Å². The molecule has 1 heterocycles. The third-order valence-corrected chi connectivity index (χ3v) is 4.50. The first-order chi connectivity index (χ1) is 10.1. The number of carbonyl (C=O) groups is 1. The molecule has 0 radical (unpaired) electrons. The molecule has 1 aliphatic heterocycles. The summed E-state index contributed by atoms with van der Waals surface area (Å²) < 4.78 is 6.44. The Morgan fingerprint density at radius 2 is 1.86 bits per heavy atom. The Hall–Kier alpha value is -1.09. The molecule has 1 unspecified atom stereocenters. The molecule has 0 bridgehead atoms. The lowest BCUT2D eigenvalue weighted by molar-refractivity contribution is 0.0373. The van der Waals surface area contributed by atoms with Crippen LogP contribution >= 0.6 is 15.9 Å². The van der Waals surface area contributed by atoms with Gasteiger partial charge in [-0.15, -0.1) is 0 Å². The number of carbonyl (C=O) groups excluding carboxylic acids is 1. The highest BCUT2D eigenvalue weighted by atomic mass is 79.9. The van der Waals surface area contributed by atoms with Crippen molar-refractivity contribution in [2.75, 3.05) is 0 Å². The third-order valence-electron chi connectivity index (χ3n) is 4.01. The van der Waals surface area contributed by atoms with E-state index < -0.39 is 0 Å². The van der Waals surface area contributed by atoms with Crippen LogP contribution in [0, 0.1) is 0 Å². The standard InChI is InChI=1S/C18H23BrO2/c1-3-4-5-6-7-8-9-17-13(2)15-11-10-14(19)12-16(15)18(20)21-17/h10-12,17H,2-9H2,1H3. The quantitative estimate of drug-likeness (QED) is 0.462. The predicted octanol–water partition coefficient (Wildman–Crippen LogP) is 5.75. The van der Waals surface area contributed by atoms with Gasteiger partial charge in [0.2, 0.25) is 0 Å². The number of unbranched alkanes of at least 4 members (excludes halogenated alkanes) is 5. The van der Waals surface area contributed by atoms with E-state index in [9.17, 15) is 4.79 Å². The summed E-state index contributed by atoms with van der Waals surface area (Å²) in [5.41, 5.74) is 2.49. The van der Waals surface area contributed by atoms with Gasteiger partial charge in [-0.05, 0) is 36.1 Å². The van der Waals surface area contributed by atoms with E-state index in [4.69, 9.17) is 4.74 Å². The van der Waals surface area contributed by atoms with Gasteiger partial charge in [-0.2, -0.15) is 0 Å². The molecule has 3 heteroatoms. The first-order valence-electron chi connectivity index (χ1n) is 7.83. The zero-order chi connectivity index (χ0) is 15.2. The van der Waals surface area contributed by atoms with Crippen LogP contribution in [-0.2, 0) is 4.74 Å². The number of fused-ring (bicyclic) bond motifs is 1. The summed E-state index contributed by atoms with van der Waals surface area (Å²) in [6.07, 6.45) is 8.17. The van der Waals surface area contributed by atoms with Crippen molar-refractivity contribution in [3.8, 4) is 0 Å². The molecule has 0 aromatic heterocycles. The first kappa shape index (κ1) is 16.3. The largest absolute Gasteiger partial charge is 0.454 e. The number of ether oxygens (including phenoxy) is 1. The van der Waals surface area contributed by atoms with Gasteiger partial charge in [0.15, 0.2) is 0 Å². The fraction of sp³-hybridized carbons (Fsp3) is 0.500. The molecular formula is C18H23BrO2. The summed E-state index contributed by atoms with van der Waals surface area (Å²) in [4.78, 5) is 12.1. The van der Waals surface area contributed by atoms with Crippen LogP contribution in [-0.4, -0.2) is 12.1 Å². The molecule has 0 amide bonds. The smallest absolute Gasteiger partial charge is 0.339 e. The summed E-state index contributed by atoms with van der Waals surface area (Å²) in [5.74, 6) is -0.227. The van der Waals surface area contributed by atoms with Crippen molar-refractivity contribution in [3.05, 3.63) is 40.4 Å². The maximum absolute atomic E-state index is 12.1. The second kappa shape index (κ2) is 7.79. The minimum absolute atomic E-state index is 0.155. The van der Waals surface area contributed by atoms with Gasteiger partial charge in [-0.1, -0.05) is 67.6 Å². The monoisotopic (exact) mass is 350 g/mol. The Balaban J connectivity index is 1.91. The molecule has 0 N–H and O–H groups in total. The van der Waals surface area contributed by atoms with Gasteiger partial charge in [0.1, 0.15) is 6.10 Å². The zero-order valence-corrected chi connectivity index (χ0v) is 14.2. The Morgan fingerprint density at radius 3 is 2.62 bits per heavy atom. The number of esters is 1. The molecular weight excluding hydrogens is 328 g/mol. The van der Waals surface area contributed by atoms with E-state index in [0.717, 1.165) is 28.5 Å². The number of halogens is 1. The van der Waals surface area contributed by atoms with Crippen molar-refractivity contribution in [3.63, 3.8) is 0 Å². The maximum atomic E-state index is 12.1. The second-order valence-corrected chi connectivity index (χ2v) is 6.58. The molecule has 1 aromatic carbocycles. The molecule has 1 aromatic rings. The van der Waals surface area contributed by atoms with Gasteiger partial charge in [-0.3, -0.25) is 0 Å². The van der Waals surface area contributed by atoms with Gasteiger partial charge in [0, 0.05) is 4.47 Å². The van der Waals surface area contributed by atoms with E-state index in [1.54, 1.807) is 0 Å². The molecule has 0 fully saturated rings. The zero-order valence-electron chi connectivity index (χ0n) is 12.7. The van der Waals surface area contributed by atoms with E-state index in [1.165, 1.54) is 32.1 Å². The summed E-state index contributed by atoms with van der Waals surface area (Å²) in [7, 11) is 0. The topological polar surface area (TPSA) is 26.3 Å². The molecule has 114 valence electrons. The molecule has 0 saturated heterocycles. The molecule has 0 saturated carbocycles. The van der Waals surface area contributed by atoms with Crippen LogP contribution in [0.2, 0.25) is 0 Å². The highest BCUT2D eigenvalue weighted by Crippen LogP contribution is 2.33. The highest BCUT2D eigenvalue weighted by molar-refractivity contribution is 9.10. The maximum Gasteiger partial charge on any atom is 0.339 e. The van der Waals surface area contributed by atoms with Crippen molar-refractivity contribution in [2.45, 2.75) is 58.0 Å². The van der Waals surface area contributed by atoms with Gasteiger partial charge < -0.3 is 4.74 Å². The Bertz CT molecular complexity index is 522. The number of cyclic esters (lactones) is 1. The lowest BCUT2D eigenvalue weighted by Gasteiger charge is -2.27. The number of hydrogen-bond donors (Lipinski definition) is 0. The summed E-state index contributed by atoms with van der Waals surface area (Å²) in [6.45, 7) is 6.36. The average Bonchev–Trinajstić information content (AvgIpc) is 2.47. The normalized spacial score (nSPS) is 17.5. The molecule has 1 atom stereocenters. The molecule has 1 aliphatic rings. The van der Waals surface area contributed by atoms with Crippen molar-refractivity contribution in [1.82, 2.24) is 0 Å². The number of benzene rings is 1. The fourth-order valence-corrected chi connectivity index (χ4v) is 3.11. The highest BCUT2D eigenvalue weighted by Gasteiger charge is 2.29. The van der Waals surface area contributed by atoms with Crippen LogP contribution in [0.3, 0.4) is 0 Å². The number of hydrogen-bond acceptors (Lipinski definition) is 2. The van der Waals surface area contributed by atoms with Crippen molar-refractivity contribution >= 4 is 27.5 Å². The van der Waals surface area contributed by atoms with Gasteiger partial charge in [-0.25, -0.2) is 4.79 Å². The van der Waals surface area contributed by atoms with Gasteiger partial charge in [0.25, 0.3) is 0 Å². The third kappa shape index (κ3) is 4.19. The predicted molar refractivity (Wildman–Crippen MR) is 90.4 cm³/mol. The van der Waals surface area contributed by atoms with E-state index in [2.05, 4.69) is 29.4 Å². The second-order valence-electron chi connectivity index (χ2n) is 5.67. The van der Waals surface area contributed by atoms with Crippen LogP contribution in [0.15, 0.2) is 29.3 Å². The molecule has 0 aliphatic carbocycles. The lowest BCUT2D eigenvalue weighted by atomic mass is 9.91. The van der Waals surface area contributed by atoms with Crippen LogP contribution in [0.5, 0.6) is 0 Å². The van der Waals surface area contributed by atoms with Crippen LogP contribution in [0.1, 0.15) is 67.8 Å². The van der Waals surface area contributed by atoms with Crippen molar-refractivity contribution < 1.29 is 9.53 Å². The summed E-state index contributed by atoms with van der Waals surface area (Å²) in [6, 6.07) is 5.71. The fourth-order valence-electron chi connectivity index (χ4n) is 2.75. The SMILES string of the molecule is C=C1c2ccc(Br)cc2C(=O)OC1CCCCCCCC. The van der Waals surface area contributed by atoms with E-state index in [1.807, 2.05) is 18.2 Å². The Morgan fingerprint density at radius 1 is 1.14 bits per heavy atom. The van der Waals surface area contributed by atoms with Crippen LogP contribution in [0.4, 0.5) is 0 Å². The van der Waals surface area contributed by atoms with Crippen molar-refractivity contribution in [2.24, 2.45) is 0 Å². The van der Waals surface area contributed by atoms with Gasteiger partial charge in [0.05, 0.1) is 5.56 Å². The molecule has 0 spiro atoms. The van der Waals surface area contributed by atoms with E-state index in [-0.39, 0.29) is 12.1 Å². The lowest BCUT2D eigenvalue weighted by Crippen LogP contribution is -2.26. The first-order valence-corrected chi connectivity index (χ1v) is 8.62. The van der Waals surface area contributed by atoms with Gasteiger partial charge >= 0.3 is 5.97 Å². The summed E-state index contributed by atoms with van der Waals surface area (Å²) in [5, 5.41) is 0. The van der Waals surface area contributed by atoms with E-state index in [0.29, 0.717) is 5.56 Å².